The van der Waals surface area contributed by atoms with E-state index in [1.165, 1.54) is 0 Å². The van der Waals surface area contributed by atoms with Gasteiger partial charge in [-0.3, -0.25) is 0 Å². The molecule has 0 fully saturated rings. The SMILES string of the molecule is CC(CNCc1ccco1)Sc1ncc[nH]1. The fourth-order valence-corrected chi connectivity index (χ4v) is 2.20. The van der Waals surface area contributed by atoms with Crippen molar-refractivity contribution in [2.45, 2.75) is 23.9 Å². The van der Waals surface area contributed by atoms with Crippen molar-refractivity contribution in [3.63, 3.8) is 0 Å². The van der Waals surface area contributed by atoms with E-state index in [0.29, 0.717) is 5.25 Å². The minimum atomic E-state index is 0.473. The van der Waals surface area contributed by atoms with Gasteiger partial charge in [0.25, 0.3) is 0 Å². The highest BCUT2D eigenvalue weighted by Crippen LogP contribution is 2.17. The molecule has 2 heterocycles. The fourth-order valence-electron chi connectivity index (χ4n) is 1.36. The molecule has 0 amide bonds. The van der Waals surface area contributed by atoms with Crippen molar-refractivity contribution in [1.29, 1.82) is 0 Å². The number of aromatic nitrogens is 2. The number of hydrogen-bond donors (Lipinski definition) is 2. The average Bonchev–Trinajstić information content (AvgIpc) is 2.90. The van der Waals surface area contributed by atoms with Crippen LogP contribution in [0.1, 0.15) is 12.7 Å². The Bertz CT molecular complexity index is 385. The van der Waals surface area contributed by atoms with E-state index >= 15 is 0 Å². The molecular weight excluding hydrogens is 222 g/mol. The Labute approximate surface area is 98.8 Å². The maximum Gasteiger partial charge on any atom is 0.165 e. The Balaban J connectivity index is 1.66. The van der Waals surface area contributed by atoms with E-state index in [9.17, 15) is 0 Å². The van der Waals surface area contributed by atoms with Gasteiger partial charge in [-0.2, -0.15) is 0 Å². The Kier molecular flexibility index (Phi) is 4.07. The van der Waals surface area contributed by atoms with Crippen LogP contribution >= 0.6 is 11.8 Å². The van der Waals surface area contributed by atoms with E-state index in [4.69, 9.17) is 4.42 Å². The molecule has 86 valence electrons. The fraction of sp³-hybridized carbons (Fsp3) is 0.364. The summed E-state index contributed by atoms with van der Waals surface area (Å²) in [4.78, 5) is 7.25. The van der Waals surface area contributed by atoms with Crippen LogP contribution in [0.3, 0.4) is 0 Å². The largest absolute Gasteiger partial charge is 0.468 e. The van der Waals surface area contributed by atoms with Gasteiger partial charge in [-0.15, -0.1) is 0 Å². The molecule has 0 spiro atoms. The van der Waals surface area contributed by atoms with Crippen LogP contribution in [-0.2, 0) is 6.54 Å². The minimum Gasteiger partial charge on any atom is -0.468 e. The summed E-state index contributed by atoms with van der Waals surface area (Å²) in [6.07, 6.45) is 5.30. The second-order valence-electron chi connectivity index (χ2n) is 3.53. The molecule has 0 bridgehead atoms. The molecule has 0 aliphatic heterocycles. The van der Waals surface area contributed by atoms with Crippen LogP contribution in [0.4, 0.5) is 0 Å². The normalized spacial score (nSPS) is 12.8. The van der Waals surface area contributed by atoms with Gasteiger partial charge in [0.15, 0.2) is 5.16 Å². The summed E-state index contributed by atoms with van der Waals surface area (Å²) in [5.74, 6) is 0.968. The lowest BCUT2D eigenvalue weighted by atomic mass is 10.4. The van der Waals surface area contributed by atoms with E-state index in [2.05, 4.69) is 22.2 Å². The molecule has 4 nitrogen and oxygen atoms in total. The van der Waals surface area contributed by atoms with Crippen LogP contribution in [0.15, 0.2) is 40.4 Å². The highest BCUT2D eigenvalue weighted by atomic mass is 32.2. The molecule has 1 unspecified atom stereocenters. The molecule has 0 saturated carbocycles. The lowest BCUT2D eigenvalue weighted by molar-refractivity contribution is 0.484. The monoisotopic (exact) mass is 237 g/mol. The molecule has 5 heteroatoms. The summed E-state index contributed by atoms with van der Waals surface area (Å²) >= 11 is 1.73. The Morgan fingerprint density at radius 2 is 2.56 bits per heavy atom. The summed E-state index contributed by atoms with van der Waals surface area (Å²) in [6, 6.07) is 3.87. The number of imidazole rings is 1. The van der Waals surface area contributed by atoms with E-state index < -0.39 is 0 Å². The summed E-state index contributed by atoms with van der Waals surface area (Å²) < 4.78 is 5.23. The third-order valence-electron chi connectivity index (χ3n) is 2.10. The first-order chi connectivity index (χ1) is 7.84. The molecule has 16 heavy (non-hydrogen) atoms. The van der Waals surface area contributed by atoms with Crippen LogP contribution in [0.25, 0.3) is 0 Å². The van der Waals surface area contributed by atoms with Gasteiger partial charge < -0.3 is 14.7 Å². The molecule has 2 rings (SSSR count). The van der Waals surface area contributed by atoms with Crippen molar-refractivity contribution in [1.82, 2.24) is 15.3 Å². The summed E-state index contributed by atoms with van der Waals surface area (Å²) in [5, 5.41) is 4.78. The van der Waals surface area contributed by atoms with Gasteiger partial charge in [0.1, 0.15) is 5.76 Å². The van der Waals surface area contributed by atoms with Crippen molar-refractivity contribution in [3.05, 3.63) is 36.5 Å². The molecule has 0 aliphatic rings. The summed E-state index contributed by atoms with van der Waals surface area (Å²) in [7, 11) is 0. The molecule has 0 aliphatic carbocycles. The first kappa shape index (κ1) is 11.3. The van der Waals surface area contributed by atoms with Crippen LogP contribution in [-0.4, -0.2) is 21.8 Å². The number of H-pyrrole nitrogens is 1. The molecule has 2 N–H and O–H groups in total. The third kappa shape index (κ3) is 3.43. The smallest absolute Gasteiger partial charge is 0.165 e. The number of nitrogens with zero attached hydrogens (tertiary/aromatic N) is 1. The van der Waals surface area contributed by atoms with Gasteiger partial charge >= 0.3 is 0 Å². The average molecular weight is 237 g/mol. The number of aromatic amines is 1. The van der Waals surface area contributed by atoms with Gasteiger partial charge in [0.2, 0.25) is 0 Å². The van der Waals surface area contributed by atoms with Crippen molar-refractivity contribution < 1.29 is 4.42 Å². The minimum absolute atomic E-state index is 0.473. The maximum atomic E-state index is 5.23. The van der Waals surface area contributed by atoms with E-state index in [0.717, 1.165) is 24.0 Å². The molecular formula is C11H15N3OS. The molecule has 0 radical (unpaired) electrons. The van der Waals surface area contributed by atoms with Crippen molar-refractivity contribution in [3.8, 4) is 0 Å². The molecule has 2 aromatic heterocycles. The summed E-state index contributed by atoms with van der Waals surface area (Å²) in [6.45, 7) is 3.87. The van der Waals surface area contributed by atoms with Crippen molar-refractivity contribution in [2.24, 2.45) is 0 Å². The van der Waals surface area contributed by atoms with Crippen LogP contribution in [0, 0.1) is 0 Å². The number of thioether (sulfide) groups is 1. The van der Waals surface area contributed by atoms with Gasteiger partial charge in [0, 0.05) is 24.2 Å². The quantitative estimate of drug-likeness (QED) is 0.757. The topological polar surface area (TPSA) is 53.9 Å². The van der Waals surface area contributed by atoms with E-state index in [1.54, 1.807) is 24.2 Å². The maximum absolute atomic E-state index is 5.23. The molecule has 0 aromatic carbocycles. The van der Waals surface area contributed by atoms with Gasteiger partial charge in [0.05, 0.1) is 12.8 Å². The van der Waals surface area contributed by atoms with E-state index in [-0.39, 0.29) is 0 Å². The lowest BCUT2D eigenvalue weighted by Gasteiger charge is -2.09. The van der Waals surface area contributed by atoms with E-state index in [1.807, 2.05) is 18.3 Å². The number of hydrogen-bond acceptors (Lipinski definition) is 4. The highest BCUT2D eigenvalue weighted by Gasteiger charge is 2.05. The first-order valence-electron chi connectivity index (χ1n) is 5.24. The predicted molar refractivity (Wildman–Crippen MR) is 64.3 cm³/mol. The number of nitrogens with one attached hydrogen (secondary N) is 2. The Morgan fingerprint density at radius 1 is 1.62 bits per heavy atom. The standard InChI is InChI=1S/C11H15N3OS/c1-9(16-11-13-4-5-14-11)7-12-8-10-3-2-6-15-10/h2-6,9,12H,7-8H2,1H3,(H,13,14). The predicted octanol–water partition coefficient (Wildman–Crippen LogP) is 2.27. The van der Waals surface area contributed by atoms with Crippen molar-refractivity contribution in [2.75, 3.05) is 6.54 Å². The van der Waals surface area contributed by atoms with Crippen molar-refractivity contribution >= 4 is 11.8 Å². The molecule has 2 aromatic rings. The van der Waals surface area contributed by atoms with Gasteiger partial charge in [-0.25, -0.2) is 4.98 Å². The Morgan fingerprint density at radius 3 is 3.25 bits per heavy atom. The highest BCUT2D eigenvalue weighted by molar-refractivity contribution is 7.99. The molecule has 1 atom stereocenters. The number of rotatable bonds is 6. The van der Waals surface area contributed by atoms with Gasteiger partial charge in [-0.05, 0) is 12.1 Å². The van der Waals surface area contributed by atoms with Crippen LogP contribution < -0.4 is 5.32 Å². The first-order valence-corrected chi connectivity index (χ1v) is 6.11. The second-order valence-corrected chi connectivity index (χ2v) is 4.96. The third-order valence-corrected chi connectivity index (χ3v) is 3.11. The zero-order valence-electron chi connectivity index (χ0n) is 9.14. The van der Waals surface area contributed by atoms with Crippen LogP contribution in [0.2, 0.25) is 0 Å². The molecule has 0 saturated heterocycles. The Hall–Kier alpha value is -1.20. The van der Waals surface area contributed by atoms with Crippen LogP contribution in [0.5, 0.6) is 0 Å². The second kappa shape index (κ2) is 5.77. The summed E-state index contributed by atoms with van der Waals surface area (Å²) in [5.41, 5.74) is 0. The zero-order valence-corrected chi connectivity index (χ0v) is 9.96. The van der Waals surface area contributed by atoms with Gasteiger partial charge in [-0.1, -0.05) is 18.7 Å². The lowest BCUT2D eigenvalue weighted by Crippen LogP contribution is -2.22. The zero-order chi connectivity index (χ0) is 11.2. The number of furan rings is 1.